The number of nitrogens with zero attached hydrogens (tertiary/aromatic N) is 2. The van der Waals surface area contributed by atoms with Crippen LogP contribution >= 0.6 is 0 Å². The van der Waals surface area contributed by atoms with Gasteiger partial charge in [-0.3, -0.25) is 14.6 Å². The zero-order valence-corrected chi connectivity index (χ0v) is 22.0. The van der Waals surface area contributed by atoms with Crippen LogP contribution < -0.4 is 5.32 Å². The maximum Gasteiger partial charge on any atom is 0.416 e. The van der Waals surface area contributed by atoms with Crippen molar-refractivity contribution in [3.05, 3.63) is 70.8 Å². The van der Waals surface area contributed by atoms with Gasteiger partial charge in [0.1, 0.15) is 5.60 Å². The molecule has 39 heavy (non-hydrogen) atoms. The average molecular weight is 546 g/mol. The number of ether oxygens (including phenoxy) is 2. The Bertz CT molecular complexity index is 1160. The van der Waals surface area contributed by atoms with Crippen LogP contribution in [-0.2, 0) is 28.7 Å². The fraction of sp³-hybridized carbons (Fsp3) is 0.517. The third kappa shape index (κ3) is 6.22. The first kappa shape index (κ1) is 27.5. The molecule has 7 nitrogen and oxygen atoms in total. The Morgan fingerprint density at radius 3 is 2.28 bits per heavy atom. The zero-order valence-electron chi connectivity index (χ0n) is 22.0. The molecule has 10 heteroatoms. The number of carbonyl (C=O) groups is 2. The molecule has 2 aromatic carbocycles. The Labute approximate surface area is 226 Å². The van der Waals surface area contributed by atoms with E-state index in [4.69, 9.17) is 9.47 Å². The number of alkyl halides is 3. The summed E-state index contributed by atoms with van der Waals surface area (Å²) >= 11 is 0. The van der Waals surface area contributed by atoms with Crippen LogP contribution in [0.1, 0.15) is 59.7 Å². The number of piperidine rings is 1. The Hall–Kier alpha value is -3.11. The van der Waals surface area contributed by atoms with E-state index in [9.17, 15) is 22.8 Å². The van der Waals surface area contributed by atoms with E-state index in [0.29, 0.717) is 51.1 Å². The van der Waals surface area contributed by atoms with Crippen LogP contribution in [0.25, 0.3) is 0 Å². The monoisotopic (exact) mass is 545 g/mol. The van der Waals surface area contributed by atoms with E-state index in [-0.39, 0.29) is 24.1 Å². The first-order valence-electron chi connectivity index (χ1n) is 13.5. The number of nitrogens with one attached hydrogen (secondary N) is 1. The van der Waals surface area contributed by atoms with Crippen molar-refractivity contribution in [2.75, 3.05) is 26.2 Å². The fourth-order valence-corrected chi connectivity index (χ4v) is 5.70. The lowest BCUT2D eigenvalue weighted by molar-refractivity contribution is -0.137. The molecule has 0 aromatic heterocycles. The molecular weight excluding hydrogens is 511 g/mol. The van der Waals surface area contributed by atoms with Gasteiger partial charge in [-0.1, -0.05) is 24.3 Å². The van der Waals surface area contributed by atoms with Crippen LogP contribution in [0.2, 0.25) is 0 Å². The number of rotatable bonds is 7. The number of benzene rings is 2. The summed E-state index contributed by atoms with van der Waals surface area (Å²) in [6, 6.07) is 12.4. The molecule has 3 saturated heterocycles. The number of hydrogen-bond acceptors (Lipinski definition) is 5. The Morgan fingerprint density at radius 1 is 1.03 bits per heavy atom. The van der Waals surface area contributed by atoms with Gasteiger partial charge in [0.15, 0.2) is 0 Å². The van der Waals surface area contributed by atoms with Crippen LogP contribution in [0.5, 0.6) is 0 Å². The summed E-state index contributed by atoms with van der Waals surface area (Å²) in [7, 11) is 0. The SMILES string of the molecule is CC1N(Cc2ccc(C(=O)NCC3CCCO3)cc2)C(=O)OC12CCN(Cc1ccc(C(F)(F)F)cc1)CC2. The third-order valence-corrected chi connectivity index (χ3v) is 8.23. The highest BCUT2D eigenvalue weighted by atomic mass is 19.4. The quantitative estimate of drug-likeness (QED) is 0.531. The summed E-state index contributed by atoms with van der Waals surface area (Å²) in [5, 5.41) is 2.92. The zero-order chi connectivity index (χ0) is 27.6. The van der Waals surface area contributed by atoms with E-state index >= 15 is 0 Å². The molecule has 2 amide bonds. The van der Waals surface area contributed by atoms with Gasteiger partial charge >= 0.3 is 12.3 Å². The average Bonchev–Trinajstić information content (AvgIpc) is 3.52. The molecular formula is C29H34F3N3O4. The van der Waals surface area contributed by atoms with Crippen molar-refractivity contribution in [3.8, 4) is 0 Å². The van der Waals surface area contributed by atoms with Crippen molar-refractivity contribution < 1.29 is 32.2 Å². The van der Waals surface area contributed by atoms with E-state index in [1.165, 1.54) is 12.1 Å². The lowest BCUT2D eigenvalue weighted by atomic mass is 9.84. The molecule has 5 rings (SSSR count). The highest BCUT2D eigenvalue weighted by Gasteiger charge is 2.52. The van der Waals surface area contributed by atoms with Gasteiger partial charge in [-0.05, 0) is 55.2 Å². The summed E-state index contributed by atoms with van der Waals surface area (Å²) in [5.74, 6) is -0.145. The maximum absolute atomic E-state index is 12.9. The summed E-state index contributed by atoms with van der Waals surface area (Å²) in [6.07, 6.45) is -1.32. The van der Waals surface area contributed by atoms with Crippen LogP contribution in [0, 0.1) is 0 Å². The van der Waals surface area contributed by atoms with Gasteiger partial charge in [-0.25, -0.2) is 4.79 Å². The first-order chi connectivity index (χ1) is 18.6. The molecule has 2 atom stereocenters. The molecule has 0 radical (unpaired) electrons. The highest BCUT2D eigenvalue weighted by molar-refractivity contribution is 5.94. The van der Waals surface area contributed by atoms with Crippen LogP contribution in [0.4, 0.5) is 18.0 Å². The van der Waals surface area contributed by atoms with E-state index in [1.807, 2.05) is 19.1 Å². The Morgan fingerprint density at radius 2 is 1.67 bits per heavy atom. The van der Waals surface area contributed by atoms with Crippen molar-refractivity contribution in [3.63, 3.8) is 0 Å². The first-order valence-corrected chi connectivity index (χ1v) is 13.5. The van der Waals surface area contributed by atoms with Gasteiger partial charge in [0.05, 0.1) is 17.7 Å². The molecule has 0 saturated carbocycles. The predicted octanol–water partition coefficient (Wildman–Crippen LogP) is 4.99. The van der Waals surface area contributed by atoms with E-state index < -0.39 is 17.3 Å². The lowest BCUT2D eigenvalue weighted by Gasteiger charge is -2.40. The van der Waals surface area contributed by atoms with E-state index in [0.717, 1.165) is 42.7 Å². The second kappa shape index (κ2) is 11.2. The molecule has 2 unspecified atom stereocenters. The molecule has 210 valence electrons. The molecule has 3 aliphatic rings. The van der Waals surface area contributed by atoms with Crippen molar-refractivity contribution in [2.45, 2.75) is 69.6 Å². The van der Waals surface area contributed by atoms with Gasteiger partial charge in [-0.2, -0.15) is 13.2 Å². The van der Waals surface area contributed by atoms with Crippen molar-refractivity contribution in [2.24, 2.45) is 0 Å². The van der Waals surface area contributed by atoms with Crippen molar-refractivity contribution >= 4 is 12.0 Å². The maximum atomic E-state index is 12.9. The Kier molecular flexibility index (Phi) is 7.87. The molecule has 3 aliphatic heterocycles. The molecule has 2 aromatic rings. The lowest BCUT2D eigenvalue weighted by Crippen LogP contribution is -2.51. The normalized spacial score (nSPS) is 23.3. The number of hydrogen-bond donors (Lipinski definition) is 1. The standard InChI is InChI=1S/C29H34F3N3O4/c1-20-28(12-14-34(15-13-28)18-21-6-10-24(11-7-21)29(30,31)32)39-27(37)35(20)19-22-4-8-23(9-5-22)26(36)33-17-25-3-2-16-38-25/h4-11,20,25H,2-3,12-19H2,1H3,(H,33,36). The minimum absolute atomic E-state index is 0.0832. The predicted molar refractivity (Wildman–Crippen MR) is 138 cm³/mol. The fourth-order valence-electron chi connectivity index (χ4n) is 5.70. The molecule has 1 N–H and O–H groups in total. The third-order valence-electron chi connectivity index (χ3n) is 8.23. The van der Waals surface area contributed by atoms with Gasteiger partial charge in [0.2, 0.25) is 0 Å². The number of halogens is 3. The van der Waals surface area contributed by atoms with E-state index in [2.05, 4.69) is 10.2 Å². The number of amides is 2. The van der Waals surface area contributed by atoms with Gasteiger partial charge in [0, 0.05) is 57.7 Å². The summed E-state index contributed by atoms with van der Waals surface area (Å²) in [6.45, 7) is 5.55. The molecule has 1 spiro atoms. The largest absolute Gasteiger partial charge is 0.440 e. The molecule has 3 fully saturated rings. The topological polar surface area (TPSA) is 71.1 Å². The minimum Gasteiger partial charge on any atom is -0.440 e. The van der Waals surface area contributed by atoms with Crippen molar-refractivity contribution in [1.29, 1.82) is 0 Å². The van der Waals surface area contributed by atoms with Gasteiger partial charge in [-0.15, -0.1) is 0 Å². The highest BCUT2D eigenvalue weighted by Crippen LogP contribution is 2.39. The number of carbonyl (C=O) groups excluding carboxylic acids is 2. The molecule has 0 aliphatic carbocycles. The Balaban J connectivity index is 1.13. The second-order valence-corrected chi connectivity index (χ2v) is 10.7. The second-order valence-electron chi connectivity index (χ2n) is 10.7. The van der Waals surface area contributed by atoms with Gasteiger partial charge in [0.25, 0.3) is 5.91 Å². The van der Waals surface area contributed by atoms with Gasteiger partial charge < -0.3 is 14.8 Å². The van der Waals surface area contributed by atoms with Crippen LogP contribution in [0.15, 0.2) is 48.5 Å². The van der Waals surface area contributed by atoms with Crippen molar-refractivity contribution in [1.82, 2.24) is 15.1 Å². The summed E-state index contributed by atoms with van der Waals surface area (Å²) in [5.41, 5.74) is 1.05. The summed E-state index contributed by atoms with van der Waals surface area (Å²) < 4.78 is 50.0. The van der Waals surface area contributed by atoms with E-state index in [1.54, 1.807) is 17.0 Å². The molecule has 3 heterocycles. The van der Waals surface area contributed by atoms with Crippen LogP contribution in [0.3, 0.4) is 0 Å². The van der Waals surface area contributed by atoms with Crippen LogP contribution in [-0.4, -0.2) is 65.8 Å². The smallest absolute Gasteiger partial charge is 0.416 e. The minimum atomic E-state index is -4.34. The molecule has 0 bridgehead atoms. The number of likely N-dealkylation sites (tertiary alicyclic amines) is 1. The summed E-state index contributed by atoms with van der Waals surface area (Å²) in [4.78, 5) is 29.2.